The van der Waals surface area contributed by atoms with Gasteiger partial charge in [-0.3, -0.25) is 4.79 Å². The number of hydrogen-bond acceptors (Lipinski definition) is 4. The summed E-state index contributed by atoms with van der Waals surface area (Å²) in [6.45, 7) is 0.751. The van der Waals surface area contributed by atoms with E-state index < -0.39 is 0 Å². The number of carbonyl (C=O) groups excluding carboxylic acids is 1. The number of amides is 1. The van der Waals surface area contributed by atoms with Crippen LogP contribution in [0.4, 0.5) is 5.69 Å². The Morgan fingerprint density at radius 3 is 3.10 bits per heavy atom. The number of benzene rings is 1. The van der Waals surface area contributed by atoms with Crippen molar-refractivity contribution in [1.82, 2.24) is 5.16 Å². The van der Waals surface area contributed by atoms with E-state index in [2.05, 4.69) is 11.2 Å². The molecule has 0 fully saturated rings. The van der Waals surface area contributed by atoms with Crippen molar-refractivity contribution in [1.29, 1.82) is 0 Å². The molecule has 5 nitrogen and oxygen atoms in total. The van der Waals surface area contributed by atoms with E-state index in [0.29, 0.717) is 11.6 Å². The summed E-state index contributed by atoms with van der Waals surface area (Å²) in [5.41, 5.74) is 2.23. The van der Waals surface area contributed by atoms with Crippen molar-refractivity contribution in [2.45, 2.75) is 19.3 Å². The molecule has 1 aliphatic rings. The third kappa shape index (κ3) is 2.39. The fourth-order valence-electron chi connectivity index (χ4n) is 2.51. The summed E-state index contributed by atoms with van der Waals surface area (Å²) in [5.74, 6) is 0.942. The molecule has 1 aromatic heterocycles. The van der Waals surface area contributed by atoms with Crippen molar-refractivity contribution < 1.29 is 14.1 Å². The molecule has 5 heteroatoms. The maximum Gasteiger partial charge on any atom is 0.254 e. The molecule has 104 valence electrons. The first-order valence-corrected chi connectivity index (χ1v) is 6.66. The highest BCUT2D eigenvalue weighted by molar-refractivity contribution is 5.95. The molecule has 3 rings (SSSR count). The molecule has 1 amide bonds. The molecule has 0 aliphatic carbocycles. The van der Waals surface area contributed by atoms with Gasteiger partial charge in [0, 0.05) is 18.3 Å². The molecular formula is C15H16N2O3. The largest absolute Gasteiger partial charge is 0.479 e. The van der Waals surface area contributed by atoms with Crippen molar-refractivity contribution in [3.05, 3.63) is 41.7 Å². The van der Waals surface area contributed by atoms with E-state index in [9.17, 15) is 4.79 Å². The maximum absolute atomic E-state index is 12.4. The van der Waals surface area contributed by atoms with Gasteiger partial charge in [-0.25, -0.2) is 0 Å². The zero-order chi connectivity index (χ0) is 13.9. The SMILES string of the molecule is COc1cc(CC(=O)N2CCCc3ccccc32)on1. The second-order valence-electron chi connectivity index (χ2n) is 4.79. The van der Waals surface area contributed by atoms with Crippen LogP contribution >= 0.6 is 0 Å². The van der Waals surface area contributed by atoms with Crippen LogP contribution < -0.4 is 9.64 Å². The maximum atomic E-state index is 12.4. The highest BCUT2D eigenvalue weighted by atomic mass is 16.5. The minimum absolute atomic E-state index is 0.0240. The summed E-state index contributed by atoms with van der Waals surface area (Å²) < 4.78 is 10.0. The Bertz CT molecular complexity index is 621. The van der Waals surface area contributed by atoms with Gasteiger partial charge in [-0.05, 0) is 29.6 Å². The average Bonchev–Trinajstić information content (AvgIpc) is 2.94. The number of hydrogen-bond donors (Lipinski definition) is 0. The lowest BCUT2D eigenvalue weighted by molar-refractivity contribution is -0.118. The number of nitrogens with zero attached hydrogens (tertiary/aromatic N) is 2. The van der Waals surface area contributed by atoms with Crippen LogP contribution in [-0.2, 0) is 17.6 Å². The molecule has 0 N–H and O–H groups in total. The number of rotatable bonds is 3. The first kappa shape index (κ1) is 12.7. The van der Waals surface area contributed by atoms with Crippen molar-refractivity contribution in [2.24, 2.45) is 0 Å². The molecule has 1 aliphatic heterocycles. The van der Waals surface area contributed by atoms with E-state index in [4.69, 9.17) is 9.26 Å². The van der Waals surface area contributed by atoms with Crippen LogP contribution in [-0.4, -0.2) is 24.7 Å². The van der Waals surface area contributed by atoms with Crippen molar-refractivity contribution in [3.63, 3.8) is 0 Å². The molecule has 0 saturated carbocycles. The molecule has 20 heavy (non-hydrogen) atoms. The number of para-hydroxylation sites is 1. The van der Waals surface area contributed by atoms with Crippen molar-refractivity contribution in [2.75, 3.05) is 18.6 Å². The fourth-order valence-corrected chi connectivity index (χ4v) is 2.51. The van der Waals surface area contributed by atoms with Crippen molar-refractivity contribution >= 4 is 11.6 Å². The first-order valence-electron chi connectivity index (χ1n) is 6.66. The smallest absolute Gasteiger partial charge is 0.254 e. The number of aromatic nitrogens is 1. The average molecular weight is 272 g/mol. The van der Waals surface area contributed by atoms with E-state index in [1.54, 1.807) is 6.07 Å². The topological polar surface area (TPSA) is 55.6 Å². The molecule has 2 aromatic rings. The van der Waals surface area contributed by atoms with Gasteiger partial charge in [-0.1, -0.05) is 18.2 Å². The van der Waals surface area contributed by atoms with Crippen LogP contribution in [0.15, 0.2) is 34.9 Å². The van der Waals surface area contributed by atoms with Crippen LogP contribution in [0, 0.1) is 0 Å². The predicted octanol–water partition coefficient (Wildman–Crippen LogP) is 2.21. The van der Waals surface area contributed by atoms with Gasteiger partial charge in [-0.15, -0.1) is 0 Å². The minimum atomic E-state index is 0.0240. The lowest BCUT2D eigenvalue weighted by atomic mass is 10.0. The number of methoxy groups -OCH3 is 1. The minimum Gasteiger partial charge on any atom is -0.479 e. The predicted molar refractivity (Wildman–Crippen MR) is 73.9 cm³/mol. The second-order valence-corrected chi connectivity index (χ2v) is 4.79. The molecule has 0 radical (unpaired) electrons. The van der Waals surface area contributed by atoms with Gasteiger partial charge in [0.25, 0.3) is 5.88 Å². The molecule has 0 spiro atoms. The Morgan fingerprint density at radius 2 is 2.30 bits per heavy atom. The molecule has 0 unspecified atom stereocenters. The lowest BCUT2D eigenvalue weighted by Gasteiger charge is -2.29. The first-order chi connectivity index (χ1) is 9.78. The third-order valence-electron chi connectivity index (χ3n) is 3.48. The van der Waals surface area contributed by atoms with E-state index >= 15 is 0 Å². The Labute approximate surface area is 117 Å². The number of aryl methyl sites for hydroxylation is 1. The Morgan fingerprint density at radius 1 is 1.45 bits per heavy atom. The van der Waals surface area contributed by atoms with E-state index in [1.807, 2.05) is 23.1 Å². The van der Waals surface area contributed by atoms with Crippen LogP contribution in [0.3, 0.4) is 0 Å². The monoisotopic (exact) mass is 272 g/mol. The molecule has 2 heterocycles. The summed E-state index contributed by atoms with van der Waals surface area (Å²) >= 11 is 0. The van der Waals surface area contributed by atoms with Gasteiger partial charge < -0.3 is 14.2 Å². The normalized spacial score (nSPS) is 13.9. The van der Waals surface area contributed by atoms with Gasteiger partial charge in [-0.2, -0.15) is 0 Å². The molecule has 0 atom stereocenters. The number of fused-ring (bicyclic) bond motifs is 1. The second kappa shape index (κ2) is 5.36. The molecule has 0 saturated heterocycles. The Kier molecular flexibility index (Phi) is 3.41. The molecule has 0 bridgehead atoms. The quantitative estimate of drug-likeness (QED) is 0.859. The zero-order valence-corrected chi connectivity index (χ0v) is 11.3. The van der Waals surface area contributed by atoms with Gasteiger partial charge in [0.1, 0.15) is 5.76 Å². The van der Waals surface area contributed by atoms with Crippen LogP contribution in [0.25, 0.3) is 0 Å². The Hall–Kier alpha value is -2.30. The summed E-state index contributed by atoms with van der Waals surface area (Å²) in [4.78, 5) is 14.3. The highest BCUT2D eigenvalue weighted by Crippen LogP contribution is 2.27. The van der Waals surface area contributed by atoms with E-state index in [1.165, 1.54) is 12.7 Å². The van der Waals surface area contributed by atoms with Gasteiger partial charge in [0.15, 0.2) is 0 Å². The van der Waals surface area contributed by atoms with Gasteiger partial charge in [0.2, 0.25) is 5.91 Å². The van der Waals surface area contributed by atoms with Gasteiger partial charge in [0.05, 0.1) is 13.5 Å². The van der Waals surface area contributed by atoms with Crippen molar-refractivity contribution in [3.8, 4) is 5.88 Å². The van der Waals surface area contributed by atoms with E-state index in [0.717, 1.165) is 25.1 Å². The molecule has 1 aromatic carbocycles. The van der Waals surface area contributed by atoms with Crippen LogP contribution in [0.1, 0.15) is 17.7 Å². The lowest BCUT2D eigenvalue weighted by Crippen LogP contribution is -2.36. The van der Waals surface area contributed by atoms with Crippen LogP contribution in [0.2, 0.25) is 0 Å². The van der Waals surface area contributed by atoms with E-state index in [-0.39, 0.29) is 12.3 Å². The summed E-state index contributed by atoms with van der Waals surface area (Å²) in [7, 11) is 1.52. The number of carbonyl (C=O) groups is 1. The summed E-state index contributed by atoms with van der Waals surface area (Å²) in [6, 6.07) is 9.68. The summed E-state index contributed by atoms with van der Waals surface area (Å²) in [6.07, 6.45) is 2.21. The number of anilines is 1. The highest BCUT2D eigenvalue weighted by Gasteiger charge is 2.23. The molecular weight excluding hydrogens is 256 g/mol. The van der Waals surface area contributed by atoms with Crippen LogP contribution in [0.5, 0.6) is 5.88 Å². The Balaban J connectivity index is 1.78. The van der Waals surface area contributed by atoms with Gasteiger partial charge >= 0.3 is 0 Å². The zero-order valence-electron chi connectivity index (χ0n) is 11.3. The standard InChI is InChI=1S/C15H16N2O3/c1-19-14-9-12(20-16-14)10-15(18)17-8-4-6-11-5-2-3-7-13(11)17/h2-3,5,7,9H,4,6,8,10H2,1H3. The third-order valence-corrected chi connectivity index (χ3v) is 3.48. The number of ether oxygens (including phenoxy) is 1. The summed E-state index contributed by atoms with van der Waals surface area (Å²) in [5, 5.41) is 3.71. The fraction of sp³-hybridized carbons (Fsp3) is 0.333.